The van der Waals surface area contributed by atoms with Gasteiger partial charge in [-0.15, -0.1) is 11.3 Å². The number of carbonyl (C=O) groups is 2. The zero-order valence-electron chi connectivity index (χ0n) is 15.9. The minimum atomic E-state index is -1.01. The molecule has 3 aromatic heterocycles. The number of esters is 2. The van der Waals surface area contributed by atoms with E-state index < -0.39 is 23.4 Å². The number of aromatic nitrogens is 1. The highest BCUT2D eigenvalue weighted by atomic mass is 32.1. The molecule has 0 bridgehead atoms. The highest BCUT2D eigenvalue weighted by Crippen LogP contribution is 2.37. The molecule has 0 radical (unpaired) electrons. The van der Waals surface area contributed by atoms with Crippen LogP contribution in [0.15, 0.2) is 56.0 Å². The summed E-state index contributed by atoms with van der Waals surface area (Å²) < 4.78 is 22.2. The lowest BCUT2D eigenvalue weighted by molar-refractivity contribution is -0.136. The lowest BCUT2D eigenvalue weighted by atomic mass is 9.87. The van der Waals surface area contributed by atoms with Gasteiger partial charge in [-0.2, -0.15) is 0 Å². The maximum absolute atomic E-state index is 13.1. The molecule has 0 saturated heterocycles. The summed E-state index contributed by atoms with van der Waals surface area (Å²) in [5.74, 6) is -1.95. The summed E-state index contributed by atoms with van der Waals surface area (Å²) in [6, 6.07) is 6.57. The molecular weight excluding hydrogens is 412 g/mol. The topological polar surface area (TPSA) is 127 Å². The molecule has 0 aliphatic carbocycles. The van der Waals surface area contributed by atoms with E-state index in [0.29, 0.717) is 5.76 Å². The van der Waals surface area contributed by atoms with E-state index in [9.17, 15) is 14.4 Å². The van der Waals surface area contributed by atoms with E-state index in [1.54, 1.807) is 24.3 Å². The molecule has 2 N–H and O–H groups in total. The zero-order valence-corrected chi connectivity index (χ0v) is 16.7. The Kier molecular flexibility index (Phi) is 4.92. The van der Waals surface area contributed by atoms with Crippen LogP contribution in [0.2, 0.25) is 0 Å². The quantitative estimate of drug-likeness (QED) is 0.590. The summed E-state index contributed by atoms with van der Waals surface area (Å²) in [4.78, 5) is 38.5. The van der Waals surface area contributed by atoms with E-state index in [2.05, 4.69) is 0 Å². The third-order valence-electron chi connectivity index (χ3n) is 4.60. The maximum Gasteiger partial charge on any atom is 0.338 e. The van der Waals surface area contributed by atoms with Gasteiger partial charge in [0.05, 0.1) is 48.3 Å². The van der Waals surface area contributed by atoms with Crippen molar-refractivity contribution in [2.45, 2.75) is 5.92 Å². The number of nitrogens with zero attached hydrogens (tertiary/aromatic N) is 1. The van der Waals surface area contributed by atoms with Crippen molar-refractivity contribution in [1.82, 2.24) is 4.57 Å². The number of fused-ring (bicyclic) bond motifs is 1. The summed E-state index contributed by atoms with van der Waals surface area (Å²) in [7, 11) is 2.39. The minimum absolute atomic E-state index is 0.0447. The number of hydrogen-bond donors (Lipinski definition) is 1. The number of hydrogen-bond acceptors (Lipinski definition) is 9. The van der Waals surface area contributed by atoms with E-state index >= 15 is 0 Å². The average molecular weight is 428 g/mol. The number of methoxy groups -OCH3 is 2. The fourth-order valence-electron chi connectivity index (χ4n) is 3.31. The van der Waals surface area contributed by atoms with Crippen LogP contribution in [0.1, 0.15) is 17.4 Å². The van der Waals surface area contributed by atoms with Gasteiger partial charge in [0.15, 0.2) is 0 Å². The second-order valence-electron chi connectivity index (χ2n) is 6.22. The average Bonchev–Trinajstić information content (AvgIpc) is 3.50. The molecule has 0 saturated carbocycles. The number of nitrogens with two attached hydrogens (primary N) is 1. The molecule has 3 aromatic rings. The van der Waals surface area contributed by atoms with Gasteiger partial charge in [-0.1, -0.05) is 0 Å². The highest BCUT2D eigenvalue weighted by molar-refractivity contribution is 7.07. The van der Waals surface area contributed by atoms with Gasteiger partial charge < -0.3 is 24.0 Å². The Morgan fingerprint density at radius 2 is 1.77 bits per heavy atom. The Hall–Kier alpha value is -3.79. The van der Waals surface area contributed by atoms with Gasteiger partial charge in [0.25, 0.3) is 5.56 Å². The Morgan fingerprint density at radius 1 is 1.10 bits per heavy atom. The van der Waals surface area contributed by atoms with Crippen molar-refractivity contribution < 1.29 is 27.9 Å². The molecule has 154 valence electrons. The lowest BCUT2D eigenvalue weighted by Gasteiger charge is -2.24. The molecule has 1 aliphatic heterocycles. The predicted octanol–water partition coefficient (Wildman–Crippen LogP) is 0.346. The molecule has 4 rings (SSSR count). The van der Waals surface area contributed by atoms with Crippen molar-refractivity contribution in [3.8, 4) is 0 Å². The van der Waals surface area contributed by atoms with Gasteiger partial charge in [-0.3, -0.25) is 9.36 Å². The first-order valence-corrected chi connectivity index (χ1v) is 9.51. The van der Waals surface area contributed by atoms with Crippen LogP contribution in [-0.2, 0) is 19.1 Å². The van der Waals surface area contributed by atoms with E-state index in [1.807, 2.05) is 0 Å². The van der Waals surface area contributed by atoms with Gasteiger partial charge in [0, 0.05) is 6.08 Å². The van der Waals surface area contributed by atoms with Crippen LogP contribution < -0.4 is 20.5 Å². The van der Waals surface area contributed by atoms with E-state index in [-0.39, 0.29) is 31.9 Å². The SMILES string of the molecule is COC(=O)C1=C(N)n2c(s/c(=C/c3ccco3)c2=O)=C(C(=O)OC)C1c1ccco1. The highest BCUT2D eigenvalue weighted by Gasteiger charge is 2.41. The molecule has 4 heterocycles. The van der Waals surface area contributed by atoms with Crippen molar-refractivity contribution >= 4 is 40.7 Å². The molecular formula is C20H16N2O7S. The van der Waals surface area contributed by atoms with Gasteiger partial charge >= 0.3 is 11.9 Å². The maximum atomic E-state index is 13.1. The van der Waals surface area contributed by atoms with Gasteiger partial charge in [-0.05, 0) is 24.3 Å². The first-order chi connectivity index (χ1) is 14.5. The Bertz CT molecular complexity index is 1320. The van der Waals surface area contributed by atoms with Crippen LogP contribution in [0.25, 0.3) is 17.5 Å². The number of thiazole rings is 1. The molecule has 30 heavy (non-hydrogen) atoms. The number of furan rings is 2. The van der Waals surface area contributed by atoms with Crippen molar-refractivity contribution in [3.05, 3.63) is 73.4 Å². The first-order valence-electron chi connectivity index (χ1n) is 8.69. The molecule has 0 fully saturated rings. The number of rotatable bonds is 4. The molecule has 1 atom stereocenters. The fourth-order valence-corrected chi connectivity index (χ4v) is 4.45. The van der Waals surface area contributed by atoms with Crippen LogP contribution >= 0.6 is 11.3 Å². The van der Waals surface area contributed by atoms with Crippen molar-refractivity contribution in [3.63, 3.8) is 0 Å². The fraction of sp³-hybridized carbons (Fsp3) is 0.150. The molecule has 10 heteroatoms. The van der Waals surface area contributed by atoms with Crippen molar-refractivity contribution in [1.29, 1.82) is 0 Å². The van der Waals surface area contributed by atoms with E-state index in [1.165, 1.54) is 32.8 Å². The third-order valence-corrected chi connectivity index (χ3v) is 5.71. The van der Waals surface area contributed by atoms with E-state index in [4.69, 9.17) is 24.0 Å². The monoisotopic (exact) mass is 428 g/mol. The van der Waals surface area contributed by atoms with Crippen LogP contribution in [0, 0.1) is 0 Å². The second kappa shape index (κ2) is 7.56. The summed E-state index contributed by atoms with van der Waals surface area (Å²) in [6.07, 6.45) is 4.40. The molecule has 1 unspecified atom stereocenters. The smallest absolute Gasteiger partial charge is 0.338 e. The Morgan fingerprint density at radius 3 is 2.37 bits per heavy atom. The van der Waals surface area contributed by atoms with Gasteiger partial charge in [0.2, 0.25) is 0 Å². The summed E-state index contributed by atoms with van der Waals surface area (Å²) in [6.45, 7) is 0. The third kappa shape index (κ3) is 2.98. The van der Waals surface area contributed by atoms with Crippen molar-refractivity contribution in [2.75, 3.05) is 14.2 Å². The van der Waals surface area contributed by atoms with Crippen LogP contribution in [-0.4, -0.2) is 30.7 Å². The number of carbonyl (C=O) groups excluding carboxylic acids is 2. The zero-order chi connectivity index (χ0) is 21.4. The Balaban J connectivity index is 2.14. The minimum Gasteiger partial charge on any atom is -0.468 e. The standard InChI is InChI=1S/C20H16N2O7S/c1-26-19(24)14-13(11-6-4-8-29-11)15(20(25)27-2)18-22(16(14)21)17(23)12(30-18)9-10-5-3-7-28-10/h3-9,13H,21H2,1-2H3/b12-9+. The number of ether oxygens (including phenoxy) is 2. The second-order valence-corrected chi connectivity index (χ2v) is 7.25. The summed E-state index contributed by atoms with van der Waals surface area (Å²) >= 11 is 1.03. The largest absolute Gasteiger partial charge is 0.468 e. The summed E-state index contributed by atoms with van der Waals surface area (Å²) in [5.41, 5.74) is 5.70. The molecule has 1 aliphatic rings. The van der Waals surface area contributed by atoms with E-state index in [0.717, 1.165) is 15.9 Å². The summed E-state index contributed by atoms with van der Waals surface area (Å²) in [5, 5.41) is 0. The molecule has 9 nitrogen and oxygen atoms in total. The molecule has 0 aromatic carbocycles. The normalized spacial score (nSPS) is 16.5. The molecule has 0 amide bonds. The first kappa shape index (κ1) is 19.5. The molecule has 0 spiro atoms. The Labute approximate surface area is 172 Å². The van der Waals surface area contributed by atoms with Crippen LogP contribution in [0.5, 0.6) is 0 Å². The lowest BCUT2D eigenvalue weighted by Crippen LogP contribution is -2.41. The predicted molar refractivity (Wildman–Crippen MR) is 106 cm³/mol. The van der Waals surface area contributed by atoms with Crippen LogP contribution in [0.3, 0.4) is 0 Å². The van der Waals surface area contributed by atoms with Crippen molar-refractivity contribution in [2.24, 2.45) is 5.73 Å². The van der Waals surface area contributed by atoms with Gasteiger partial charge in [0.1, 0.15) is 22.0 Å². The van der Waals surface area contributed by atoms with Crippen LogP contribution in [0.4, 0.5) is 0 Å². The van der Waals surface area contributed by atoms with Gasteiger partial charge in [-0.25, -0.2) is 9.59 Å².